The van der Waals surface area contributed by atoms with Gasteiger partial charge in [-0.3, -0.25) is 24.7 Å². The van der Waals surface area contributed by atoms with Crippen LogP contribution in [-0.2, 0) is 41.8 Å². The number of hydrogen-bond donors (Lipinski definition) is 2. The number of rotatable bonds is 13. The van der Waals surface area contributed by atoms with Crippen molar-refractivity contribution in [2.75, 3.05) is 24.7 Å². The molecule has 2 N–H and O–H groups in total. The van der Waals surface area contributed by atoms with Crippen LogP contribution in [-0.4, -0.2) is 81.3 Å². The second kappa shape index (κ2) is 33.8. The van der Waals surface area contributed by atoms with E-state index in [2.05, 4.69) is 111 Å². The average Bonchev–Trinajstić information content (AvgIpc) is 2.25. The Morgan fingerprint density at radius 2 is 0.611 bits per heavy atom. The Morgan fingerprint density at radius 1 is 0.356 bits per heavy atom. The molecule has 90 heavy (non-hydrogen) atoms. The number of anilines is 4. The van der Waals surface area contributed by atoms with Crippen LogP contribution in [0.15, 0.2) is 298 Å². The molecular weight excluding hydrogens is 1350 g/mol. The first-order chi connectivity index (χ1) is 43.0. The van der Waals surface area contributed by atoms with Gasteiger partial charge in [0, 0.05) is 70.6 Å². The molecule has 0 aliphatic heterocycles. The molecule has 1 amide bonds. The molecule has 6 aromatic heterocycles. The number of pyridine rings is 6. The van der Waals surface area contributed by atoms with Gasteiger partial charge in [0.1, 0.15) is 20.2 Å². The summed E-state index contributed by atoms with van der Waals surface area (Å²) in [6, 6.07) is 78.4. The fourth-order valence-corrected chi connectivity index (χ4v) is 9.51. The minimum absolute atomic E-state index is 0. The van der Waals surface area contributed by atoms with Gasteiger partial charge in [0.25, 0.3) is 0 Å². The SMILES string of the molecule is Brc1ccc(-c2cc(-c3ccccn3)nc(-c3ccccn3)c2)cc1.Brc1ccc(-c2cc(-c3ccccn3)nc(-c3ccccn3)c2)cc1.CN(C)C=O.O=S(=O)([O-])c1ccc(Nc2ccccc2)cc1.O=S(=O)([O-])c1ccc(Nc2ccccc2)cc1.[Co+2]. The minimum atomic E-state index is -4.37. The number of carbonyl (C=O) groups excluding carboxylic acids is 1. The molecule has 12 rings (SSSR count). The van der Waals surface area contributed by atoms with E-state index in [-0.39, 0.29) is 26.6 Å². The van der Waals surface area contributed by atoms with E-state index in [1.807, 2.05) is 158 Å². The van der Waals surface area contributed by atoms with Crippen LogP contribution in [0.3, 0.4) is 0 Å². The second-order valence-electron chi connectivity index (χ2n) is 19.1. The van der Waals surface area contributed by atoms with E-state index in [0.29, 0.717) is 0 Å². The van der Waals surface area contributed by atoms with Gasteiger partial charge in [0.2, 0.25) is 6.41 Å². The number of carbonyl (C=O) groups is 1. The van der Waals surface area contributed by atoms with Crippen LogP contribution in [0.2, 0.25) is 0 Å². The normalized spacial score (nSPS) is 10.5. The van der Waals surface area contributed by atoms with Crippen molar-refractivity contribution in [3.63, 3.8) is 0 Å². The molecule has 16 nitrogen and oxygen atoms in total. The third kappa shape index (κ3) is 21.4. The molecule has 6 aromatic carbocycles. The number of halogens is 2. The van der Waals surface area contributed by atoms with Gasteiger partial charge in [-0.15, -0.1) is 0 Å². The first-order valence-corrected chi connectivity index (χ1v) is 31.5. The van der Waals surface area contributed by atoms with Gasteiger partial charge in [-0.1, -0.05) is 117 Å². The maximum atomic E-state index is 10.7. The van der Waals surface area contributed by atoms with Crippen LogP contribution in [0.25, 0.3) is 67.8 Å². The zero-order valence-electron chi connectivity index (χ0n) is 48.0. The molecule has 0 aliphatic carbocycles. The van der Waals surface area contributed by atoms with Crippen LogP contribution in [0.1, 0.15) is 0 Å². The molecule has 0 unspecified atom stereocenters. The van der Waals surface area contributed by atoms with Gasteiger partial charge >= 0.3 is 16.8 Å². The Morgan fingerprint density at radius 3 is 0.844 bits per heavy atom. The van der Waals surface area contributed by atoms with Crippen LogP contribution >= 0.6 is 31.9 Å². The molecule has 453 valence electrons. The maximum Gasteiger partial charge on any atom is 2.00 e. The van der Waals surface area contributed by atoms with Gasteiger partial charge in [0.05, 0.1) is 55.3 Å². The van der Waals surface area contributed by atoms with E-state index < -0.39 is 20.2 Å². The van der Waals surface area contributed by atoms with Gasteiger partial charge in [-0.05, 0) is 192 Å². The van der Waals surface area contributed by atoms with E-state index in [1.165, 1.54) is 29.2 Å². The smallest absolute Gasteiger partial charge is 0.744 e. The monoisotopic (exact) mass is 1400 g/mol. The van der Waals surface area contributed by atoms with Crippen molar-refractivity contribution in [1.29, 1.82) is 0 Å². The summed E-state index contributed by atoms with van der Waals surface area (Å²) in [7, 11) is -5.37. The predicted molar refractivity (Wildman–Crippen MR) is 356 cm³/mol. The number of para-hydroxylation sites is 2. The molecule has 12 aromatic rings. The maximum absolute atomic E-state index is 10.7. The number of nitrogens with zero attached hydrogens (tertiary/aromatic N) is 7. The first-order valence-electron chi connectivity index (χ1n) is 27.1. The summed E-state index contributed by atoms with van der Waals surface area (Å²) >= 11 is 6.98. The molecule has 6 heterocycles. The zero-order valence-corrected chi connectivity index (χ0v) is 53.9. The fraction of sp³-hybridized carbons (Fsp3) is 0.0290. The Balaban J connectivity index is 0.000000168. The van der Waals surface area contributed by atoms with Gasteiger partial charge in [-0.2, -0.15) is 0 Å². The summed E-state index contributed by atoms with van der Waals surface area (Å²) in [4.78, 5) is 37.8. The topological polar surface area (TPSA) is 236 Å². The van der Waals surface area contributed by atoms with Gasteiger partial charge in [0.15, 0.2) is 0 Å². The Hall–Kier alpha value is -9.42. The number of amides is 1. The summed E-state index contributed by atoms with van der Waals surface area (Å²) in [6.07, 6.45) is 7.88. The van der Waals surface area contributed by atoms with E-state index in [1.54, 1.807) is 63.1 Å². The molecular formula is C69H55Br2CoN9O7S2. The van der Waals surface area contributed by atoms with Crippen LogP contribution in [0.4, 0.5) is 22.7 Å². The van der Waals surface area contributed by atoms with E-state index >= 15 is 0 Å². The third-order valence-electron chi connectivity index (χ3n) is 12.3. The Kier molecular flexibility index (Phi) is 25.6. The van der Waals surface area contributed by atoms with Crippen LogP contribution < -0.4 is 10.6 Å². The summed E-state index contributed by atoms with van der Waals surface area (Å²) in [6.45, 7) is 0. The van der Waals surface area contributed by atoms with Crippen molar-refractivity contribution >= 4 is 81.3 Å². The fourth-order valence-electron chi connectivity index (χ4n) is 8.05. The minimum Gasteiger partial charge on any atom is -0.744 e. The predicted octanol–water partition coefficient (Wildman–Crippen LogP) is 15.6. The summed E-state index contributed by atoms with van der Waals surface area (Å²) in [5, 5.41) is 6.17. The van der Waals surface area contributed by atoms with Gasteiger partial charge < -0.3 is 24.6 Å². The molecule has 1 radical (unpaired) electrons. The largest absolute Gasteiger partial charge is 2.00 e. The van der Waals surface area contributed by atoms with E-state index in [9.17, 15) is 30.7 Å². The number of nitrogens with one attached hydrogen (secondary N) is 2. The molecule has 0 atom stereocenters. The van der Waals surface area contributed by atoms with Crippen LogP contribution in [0.5, 0.6) is 0 Å². The molecule has 21 heteroatoms. The summed E-state index contributed by atoms with van der Waals surface area (Å²) < 4.78 is 66.5. The molecule has 0 saturated heterocycles. The molecule has 0 aliphatic rings. The van der Waals surface area contributed by atoms with Crippen molar-refractivity contribution in [1.82, 2.24) is 34.8 Å². The number of benzene rings is 6. The Bertz CT molecular complexity index is 4000. The van der Waals surface area contributed by atoms with Crippen molar-refractivity contribution < 1.29 is 47.5 Å². The zero-order chi connectivity index (χ0) is 63.0. The summed E-state index contributed by atoms with van der Waals surface area (Å²) in [5.74, 6) is 0. The molecule has 0 saturated carbocycles. The standard InChI is InChI=1S/2C21H14BrN3.2C12H11NO3S.C3H7NO.Co/c2*22-17-9-7-15(8-10-17)16-13-20(18-5-1-3-11-23-18)25-21(14-16)19-6-2-4-12-24-19;2*14-17(15,16)12-8-6-11(7-9-12)13-10-4-2-1-3-5-10;1-4(2)3-5;/h2*1-14H;2*1-9,13H,(H,14,15,16);3H,1-2H3;/q;;;;;+2/p-2. The van der Waals surface area contributed by atoms with Crippen LogP contribution in [0, 0.1) is 0 Å². The average molecular weight is 1410 g/mol. The van der Waals surface area contributed by atoms with E-state index in [0.717, 1.165) is 106 Å². The number of hydrogen-bond acceptors (Lipinski definition) is 15. The Labute approximate surface area is 550 Å². The third-order valence-corrected chi connectivity index (χ3v) is 15.1. The van der Waals surface area contributed by atoms with Gasteiger partial charge in [-0.25, -0.2) is 26.8 Å². The van der Waals surface area contributed by atoms with Crippen molar-refractivity contribution in [2.24, 2.45) is 0 Å². The summed E-state index contributed by atoms with van der Waals surface area (Å²) in [5.41, 5.74) is 14.4. The van der Waals surface area contributed by atoms with Crippen molar-refractivity contribution in [2.45, 2.75) is 9.79 Å². The number of aromatic nitrogens is 6. The molecule has 0 fully saturated rings. The van der Waals surface area contributed by atoms with E-state index in [4.69, 9.17) is 9.97 Å². The quantitative estimate of drug-likeness (QED) is 0.0806. The molecule has 0 spiro atoms. The molecule has 0 bridgehead atoms. The second-order valence-corrected chi connectivity index (χ2v) is 23.7. The van der Waals surface area contributed by atoms with Crippen molar-refractivity contribution in [3.05, 3.63) is 289 Å². The first kappa shape index (κ1) is 68.1. The van der Waals surface area contributed by atoms with Crippen molar-refractivity contribution in [3.8, 4) is 67.8 Å².